The first-order chi connectivity index (χ1) is 23.3. The molecule has 0 bridgehead atoms. The van der Waals surface area contributed by atoms with Crippen molar-refractivity contribution < 1.29 is 38.9 Å². The van der Waals surface area contributed by atoms with Crippen LogP contribution in [0.15, 0.2) is 109 Å². The van der Waals surface area contributed by atoms with Crippen LogP contribution in [0.4, 0.5) is 11.4 Å². The van der Waals surface area contributed by atoms with E-state index in [9.17, 15) is 29.4 Å². The molecule has 5 aromatic rings. The minimum absolute atomic E-state index is 0.0153. The van der Waals surface area contributed by atoms with Crippen LogP contribution >= 0.6 is 0 Å². The highest BCUT2D eigenvalue weighted by molar-refractivity contribution is 6.12. The van der Waals surface area contributed by atoms with Gasteiger partial charge in [-0.1, -0.05) is 49.7 Å². The smallest absolute Gasteiger partial charge is 0.336 e. The molecule has 248 valence electrons. The first-order valence-corrected chi connectivity index (χ1v) is 15.2. The van der Waals surface area contributed by atoms with E-state index < -0.39 is 23.8 Å². The maximum atomic E-state index is 13.3. The van der Waals surface area contributed by atoms with Crippen LogP contribution in [0.2, 0.25) is 0 Å². The molecule has 0 aliphatic carbocycles. The molecular formula is C39H34N2O8. The van der Waals surface area contributed by atoms with Gasteiger partial charge in [-0.3, -0.25) is 9.59 Å². The van der Waals surface area contributed by atoms with E-state index in [1.807, 2.05) is 48.5 Å². The first kappa shape index (κ1) is 33.9. The van der Waals surface area contributed by atoms with Crippen molar-refractivity contribution in [1.82, 2.24) is 0 Å². The third-order valence-corrected chi connectivity index (χ3v) is 8.14. The second-order valence-corrected chi connectivity index (χ2v) is 11.8. The lowest BCUT2D eigenvalue weighted by Gasteiger charge is -2.26. The van der Waals surface area contributed by atoms with E-state index >= 15 is 0 Å². The molecule has 0 aromatic heterocycles. The quantitative estimate of drug-likeness (QED) is 0.111. The van der Waals surface area contributed by atoms with Crippen molar-refractivity contribution in [3.63, 3.8) is 0 Å². The standard InChI is InChI=1S/C39H34N2O8/c1-23-5-19-31(37(44)45)33(21-23)35(42)40-26-10-12-27(13-11-26)41-36(43)34-22-30(18-20-32(34)38(46)47)49-29-16-8-25(9-17-29)39(2,3)24-6-14-28(48-4)15-7-24/h5-22H,1-4H3,(H,40,42)(H,41,43)(H,44,45)(H,46,47). The number of benzene rings is 5. The second kappa shape index (κ2) is 14.1. The number of carbonyl (C=O) groups excluding carboxylic acids is 2. The lowest BCUT2D eigenvalue weighted by atomic mass is 9.78. The summed E-state index contributed by atoms with van der Waals surface area (Å²) < 4.78 is 11.3. The summed E-state index contributed by atoms with van der Waals surface area (Å²) in [5.74, 6) is -2.23. The largest absolute Gasteiger partial charge is 0.497 e. The molecular weight excluding hydrogens is 624 g/mol. The van der Waals surface area contributed by atoms with E-state index in [1.54, 1.807) is 20.1 Å². The zero-order valence-electron chi connectivity index (χ0n) is 27.2. The summed E-state index contributed by atoms with van der Waals surface area (Å²) >= 11 is 0. The average molecular weight is 659 g/mol. The Balaban J connectivity index is 1.28. The van der Waals surface area contributed by atoms with Crippen LogP contribution in [-0.2, 0) is 5.41 Å². The third-order valence-electron chi connectivity index (χ3n) is 8.14. The topological polar surface area (TPSA) is 151 Å². The summed E-state index contributed by atoms with van der Waals surface area (Å²) in [6.07, 6.45) is 0. The van der Waals surface area contributed by atoms with Crippen LogP contribution < -0.4 is 20.1 Å². The molecule has 49 heavy (non-hydrogen) atoms. The number of anilines is 2. The van der Waals surface area contributed by atoms with Crippen molar-refractivity contribution in [2.24, 2.45) is 0 Å². The molecule has 10 nitrogen and oxygen atoms in total. The number of carboxylic acids is 2. The molecule has 5 aromatic carbocycles. The third kappa shape index (κ3) is 7.77. The van der Waals surface area contributed by atoms with Crippen LogP contribution in [0, 0.1) is 6.92 Å². The number of aryl methyl sites for hydroxylation is 1. The summed E-state index contributed by atoms with van der Waals surface area (Å²) in [6.45, 7) is 5.99. The van der Waals surface area contributed by atoms with Gasteiger partial charge in [-0.15, -0.1) is 0 Å². The minimum atomic E-state index is -1.28. The summed E-state index contributed by atoms with van der Waals surface area (Å²) in [6, 6.07) is 30.2. The molecule has 0 saturated heterocycles. The molecule has 10 heteroatoms. The number of rotatable bonds is 11. The molecule has 0 fully saturated rings. The Morgan fingerprint density at radius 1 is 0.551 bits per heavy atom. The first-order valence-electron chi connectivity index (χ1n) is 15.2. The van der Waals surface area contributed by atoms with E-state index in [0.29, 0.717) is 17.1 Å². The zero-order valence-corrected chi connectivity index (χ0v) is 27.2. The summed E-state index contributed by atoms with van der Waals surface area (Å²) in [5, 5.41) is 24.6. The van der Waals surface area contributed by atoms with Gasteiger partial charge in [0.15, 0.2) is 0 Å². The lowest BCUT2D eigenvalue weighted by Crippen LogP contribution is -2.18. The summed E-state index contributed by atoms with van der Waals surface area (Å²) in [4.78, 5) is 49.7. The maximum Gasteiger partial charge on any atom is 0.336 e. The van der Waals surface area contributed by atoms with E-state index in [4.69, 9.17) is 9.47 Å². The van der Waals surface area contributed by atoms with E-state index in [2.05, 4.69) is 24.5 Å². The number of hydrogen-bond acceptors (Lipinski definition) is 6. The molecule has 0 heterocycles. The molecule has 0 aliphatic rings. The fraction of sp³-hybridized carbons (Fsp3) is 0.128. The molecule has 2 amide bonds. The number of amides is 2. The summed E-state index contributed by atoms with van der Waals surface area (Å²) in [5.41, 5.74) is 2.86. The molecule has 0 radical (unpaired) electrons. The Morgan fingerprint density at radius 2 is 0.980 bits per heavy atom. The predicted molar refractivity (Wildman–Crippen MR) is 186 cm³/mol. The number of nitrogens with one attached hydrogen (secondary N) is 2. The van der Waals surface area contributed by atoms with Crippen LogP contribution in [0.5, 0.6) is 17.2 Å². The molecule has 0 spiro atoms. The fourth-order valence-corrected chi connectivity index (χ4v) is 5.28. The SMILES string of the molecule is COc1ccc(C(C)(C)c2ccc(Oc3ccc(C(=O)O)c(C(=O)Nc4ccc(NC(=O)c5cc(C)ccc5C(=O)O)cc4)c3)cc2)cc1. The Bertz CT molecular complexity index is 2030. The van der Waals surface area contributed by atoms with Gasteiger partial charge in [-0.25, -0.2) is 9.59 Å². The zero-order chi connectivity index (χ0) is 35.3. The molecule has 0 unspecified atom stereocenters. The fourth-order valence-electron chi connectivity index (χ4n) is 5.28. The maximum absolute atomic E-state index is 13.3. The van der Waals surface area contributed by atoms with Gasteiger partial charge < -0.3 is 30.3 Å². The molecule has 0 saturated carbocycles. The Morgan fingerprint density at radius 3 is 1.45 bits per heavy atom. The van der Waals surface area contributed by atoms with Gasteiger partial charge in [0.25, 0.3) is 11.8 Å². The number of methoxy groups -OCH3 is 1. The van der Waals surface area contributed by atoms with Crippen molar-refractivity contribution in [1.29, 1.82) is 0 Å². The van der Waals surface area contributed by atoms with Crippen molar-refractivity contribution in [3.8, 4) is 17.2 Å². The van der Waals surface area contributed by atoms with E-state index in [-0.39, 0.29) is 33.4 Å². The highest BCUT2D eigenvalue weighted by Crippen LogP contribution is 2.34. The summed E-state index contributed by atoms with van der Waals surface area (Å²) in [7, 11) is 1.63. The highest BCUT2D eigenvalue weighted by atomic mass is 16.5. The molecule has 5 rings (SSSR count). The van der Waals surface area contributed by atoms with Gasteiger partial charge in [0, 0.05) is 16.8 Å². The molecule has 4 N–H and O–H groups in total. The van der Waals surface area contributed by atoms with Crippen molar-refractivity contribution >= 4 is 35.1 Å². The lowest BCUT2D eigenvalue weighted by molar-refractivity contribution is 0.0683. The minimum Gasteiger partial charge on any atom is -0.497 e. The van der Waals surface area contributed by atoms with E-state index in [0.717, 1.165) is 22.4 Å². The Hall–Kier alpha value is -6.42. The normalized spacial score (nSPS) is 10.9. The van der Waals surface area contributed by atoms with Gasteiger partial charge >= 0.3 is 11.9 Å². The Labute approximate surface area is 283 Å². The van der Waals surface area contributed by atoms with Gasteiger partial charge in [0.2, 0.25) is 0 Å². The number of hydrogen-bond donors (Lipinski definition) is 4. The van der Waals surface area contributed by atoms with Gasteiger partial charge in [0.1, 0.15) is 17.2 Å². The van der Waals surface area contributed by atoms with Gasteiger partial charge in [-0.05, 0) is 96.9 Å². The monoisotopic (exact) mass is 658 g/mol. The molecule has 0 atom stereocenters. The van der Waals surface area contributed by atoms with Crippen molar-refractivity contribution in [3.05, 3.63) is 148 Å². The van der Waals surface area contributed by atoms with Crippen molar-refractivity contribution in [2.45, 2.75) is 26.2 Å². The average Bonchev–Trinajstić information content (AvgIpc) is 3.09. The van der Waals surface area contributed by atoms with Gasteiger partial charge in [-0.2, -0.15) is 0 Å². The predicted octanol–water partition coefficient (Wildman–Crippen LogP) is 8.02. The number of ether oxygens (including phenoxy) is 2. The van der Waals surface area contributed by atoms with Crippen LogP contribution in [0.1, 0.15) is 72.0 Å². The van der Waals surface area contributed by atoms with Crippen LogP contribution in [-0.4, -0.2) is 41.1 Å². The molecule has 0 aliphatic heterocycles. The van der Waals surface area contributed by atoms with Gasteiger partial charge in [0.05, 0.1) is 29.4 Å². The highest BCUT2D eigenvalue weighted by Gasteiger charge is 2.24. The van der Waals surface area contributed by atoms with E-state index in [1.165, 1.54) is 54.6 Å². The number of carboxylic acid groups (broad SMARTS) is 2. The number of aromatic carboxylic acids is 2. The van der Waals surface area contributed by atoms with Crippen molar-refractivity contribution in [2.75, 3.05) is 17.7 Å². The van der Waals surface area contributed by atoms with Crippen LogP contribution in [0.3, 0.4) is 0 Å². The number of carbonyl (C=O) groups is 4. The van der Waals surface area contributed by atoms with Crippen LogP contribution in [0.25, 0.3) is 0 Å². The Kier molecular flexibility index (Phi) is 9.79. The second-order valence-electron chi connectivity index (χ2n) is 11.8.